The highest BCUT2D eigenvalue weighted by Gasteiger charge is 2.39. The van der Waals surface area contributed by atoms with E-state index in [1.54, 1.807) is 0 Å². The molecule has 178 valence electrons. The van der Waals surface area contributed by atoms with E-state index in [0.717, 1.165) is 39.6 Å². The first-order chi connectivity index (χ1) is 16.9. The summed E-state index contributed by atoms with van der Waals surface area (Å²) in [5, 5.41) is 6.70. The summed E-state index contributed by atoms with van der Waals surface area (Å²) in [6.07, 6.45) is 2.11. The third-order valence-corrected chi connectivity index (χ3v) is 7.51. The van der Waals surface area contributed by atoms with Crippen molar-refractivity contribution in [3.05, 3.63) is 111 Å². The Morgan fingerprint density at radius 2 is 1.77 bits per heavy atom. The Balaban J connectivity index is 1.55. The van der Waals surface area contributed by atoms with E-state index in [4.69, 9.17) is 28.2 Å². The van der Waals surface area contributed by atoms with Gasteiger partial charge in [-0.15, -0.1) is 5.53 Å². The van der Waals surface area contributed by atoms with Crippen molar-refractivity contribution in [2.45, 2.75) is 18.4 Å². The van der Waals surface area contributed by atoms with Gasteiger partial charge >= 0.3 is 0 Å². The number of halogens is 2. The maximum atomic E-state index is 6.37. The van der Waals surface area contributed by atoms with Crippen molar-refractivity contribution in [2.24, 2.45) is 4.99 Å². The first kappa shape index (κ1) is 22.2. The first-order valence-corrected chi connectivity index (χ1v) is 12.2. The lowest BCUT2D eigenvalue weighted by Gasteiger charge is -2.37. The Morgan fingerprint density at radius 1 is 0.971 bits per heavy atom. The number of hydrazine groups is 3. The number of hydrogen-bond acceptors (Lipinski definition) is 7. The van der Waals surface area contributed by atoms with Crippen molar-refractivity contribution >= 4 is 34.8 Å². The molecule has 0 radical (unpaired) electrons. The number of rotatable bonds is 4. The van der Waals surface area contributed by atoms with Crippen molar-refractivity contribution in [1.29, 1.82) is 0 Å². The highest BCUT2D eigenvalue weighted by atomic mass is 35.5. The lowest BCUT2D eigenvalue weighted by atomic mass is 9.72. The number of fused-ring (bicyclic) bond motifs is 3. The highest BCUT2D eigenvalue weighted by molar-refractivity contribution is 6.30. The van der Waals surface area contributed by atoms with E-state index in [9.17, 15) is 0 Å². The fraction of sp³-hybridized carbons (Fsp3) is 0.192. The van der Waals surface area contributed by atoms with Gasteiger partial charge in [-0.05, 0) is 60.0 Å². The van der Waals surface area contributed by atoms with Crippen LogP contribution < -0.4 is 26.8 Å². The molecule has 0 spiro atoms. The van der Waals surface area contributed by atoms with Gasteiger partial charge in [-0.25, -0.2) is 10.0 Å². The summed E-state index contributed by atoms with van der Waals surface area (Å²) in [7, 11) is 2.11. The minimum absolute atomic E-state index is 0.216. The second kappa shape index (κ2) is 8.46. The molecule has 3 heterocycles. The molecule has 3 aromatic rings. The molecule has 6 rings (SSSR count). The Kier molecular flexibility index (Phi) is 5.38. The van der Waals surface area contributed by atoms with Gasteiger partial charge in [0.2, 0.25) is 5.96 Å². The second-order valence-electron chi connectivity index (χ2n) is 9.10. The normalized spacial score (nSPS) is 20.3. The fourth-order valence-corrected chi connectivity index (χ4v) is 5.49. The zero-order valence-electron chi connectivity index (χ0n) is 19.3. The molecular weight excluding hydrogens is 481 g/mol. The minimum atomic E-state index is -0.421. The van der Waals surface area contributed by atoms with Crippen LogP contribution >= 0.6 is 23.2 Å². The Morgan fingerprint density at radius 3 is 2.51 bits per heavy atom. The zero-order chi connectivity index (χ0) is 24.2. The van der Waals surface area contributed by atoms with Crippen LogP contribution in [0.5, 0.6) is 0 Å². The van der Waals surface area contributed by atoms with Crippen LogP contribution in [-0.4, -0.2) is 24.6 Å². The first-order valence-electron chi connectivity index (χ1n) is 11.4. The van der Waals surface area contributed by atoms with Crippen LogP contribution in [0.1, 0.15) is 35.2 Å². The number of hydrogen-bond donors (Lipinski definition) is 4. The van der Waals surface area contributed by atoms with Gasteiger partial charge in [0.1, 0.15) is 6.04 Å². The molecule has 0 saturated carbocycles. The summed E-state index contributed by atoms with van der Waals surface area (Å²) in [6, 6.07) is 22.4. The van der Waals surface area contributed by atoms with E-state index in [0.29, 0.717) is 11.0 Å². The largest absolute Gasteiger partial charge is 0.372 e. The standard InChI is InChI=1S/C26H25Cl2N7/c1-26(23-14-29-15-34(23)2,17-6-9-19(27)10-7-17)18-8-11-22-21(13-18)24(16-4-3-5-20(28)12-16)30-25-31-32-33-35(22)25/h3-14,24,29,32-33H,15H2,1-2H3,(H,30,31). The number of anilines is 1. The number of nitrogens with zero attached hydrogens (tertiary/aromatic N) is 3. The van der Waals surface area contributed by atoms with E-state index in [2.05, 4.69) is 83.3 Å². The molecular formula is C26H25Cl2N7. The molecule has 0 aromatic heterocycles. The molecule has 1 fully saturated rings. The van der Waals surface area contributed by atoms with Crippen molar-refractivity contribution in [3.8, 4) is 0 Å². The number of nitrogens with one attached hydrogen (secondary N) is 4. The van der Waals surface area contributed by atoms with E-state index < -0.39 is 5.41 Å². The van der Waals surface area contributed by atoms with Crippen LogP contribution in [-0.2, 0) is 5.41 Å². The number of allylic oxidation sites excluding steroid dienone is 1. The molecule has 4 N–H and O–H groups in total. The van der Waals surface area contributed by atoms with Crippen molar-refractivity contribution in [2.75, 3.05) is 18.7 Å². The fourth-order valence-electron chi connectivity index (χ4n) is 5.17. The minimum Gasteiger partial charge on any atom is -0.372 e. The number of benzene rings is 3. The number of likely N-dealkylation sites (N-methyl/N-ethyl adjacent to an activating group) is 1. The zero-order valence-corrected chi connectivity index (χ0v) is 20.8. The monoisotopic (exact) mass is 505 g/mol. The molecule has 7 nitrogen and oxygen atoms in total. The molecule has 2 atom stereocenters. The lowest BCUT2D eigenvalue weighted by molar-refractivity contribution is 0.385. The predicted molar refractivity (Wildman–Crippen MR) is 141 cm³/mol. The molecule has 1 saturated heterocycles. The second-order valence-corrected chi connectivity index (χ2v) is 9.98. The van der Waals surface area contributed by atoms with E-state index in [1.807, 2.05) is 35.3 Å². The summed E-state index contributed by atoms with van der Waals surface area (Å²) in [5.41, 5.74) is 15.4. The van der Waals surface area contributed by atoms with Gasteiger partial charge in [0.25, 0.3) is 0 Å². The number of aliphatic imine (C=N–C) groups is 1. The van der Waals surface area contributed by atoms with E-state index in [1.165, 1.54) is 5.70 Å². The van der Waals surface area contributed by atoms with Gasteiger partial charge in [0.05, 0.1) is 17.8 Å². The van der Waals surface area contributed by atoms with Crippen LogP contribution in [0.3, 0.4) is 0 Å². The van der Waals surface area contributed by atoms with Crippen LogP contribution in [0.25, 0.3) is 0 Å². The maximum Gasteiger partial charge on any atom is 0.231 e. The van der Waals surface area contributed by atoms with Gasteiger partial charge in [0, 0.05) is 34.6 Å². The summed E-state index contributed by atoms with van der Waals surface area (Å²) in [5.74, 6) is 0.707. The Bertz CT molecular complexity index is 1350. The van der Waals surface area contributed by atoms with Crippen LogP contribution in [0.4, 0.5) is 5.69 Å². The van der Waals surface area contributed by atoms with Gasteiger partial charge < -0.3 is 10.2 Å². The Hall–Kier alpha value is -3.23. The van der Waals surface area contributed by atoms with E-state index in [-0.39, 0.29) is 6.04 Å². The van der Waals surface area contributed by atoms with Crippen molar-refractivity contribution in [3.63, 3.8) is 0 Å². The topological polar surface area (TPSA) is 67.0 Å². The van der Waals surface area contributed by atoms with Crippen LogP contribution in [0.2, 0.25) is 10.0 Å². The molecule has 3 aliphatic rings. The predicted octanol–water partition coefficient (Wildman–Crippen LogP) is 4.43. The van der Waals surface area contributed by atoms with Gasteiger partial charge in [-0.3, -0.25) is 5.43 Å². The van der Waals surface area contributed by atoms with Crippen molar-refractivity contribution in [1.82, 2.24) is 26.7 Å². The smallest absolute Gasteiger partial charge is 0.231 e. The number of guanidine groups is 1. The molecule has 35 heavy (non-hydrogen) atoms. The highest BCUT2D eigenvalue weighted by Crippen LogP contribution is 2.45. The molecule has 9 heteroatoms. The van der Waals surface area contributed by atoms with Crippen LogP contribution in [0.15, 0.2) is 83.6 Å². The SMILES string of the molecule is CN1CNC=C1C(C)(c1ccc(Cl)cc1)c1ccc2c(c1)C(c1cccc(Cl)c1)N=C1NNNN12. The molecule has 0 aliphatic carbocycles. The summed E-state index contributed by atoms with van der Waals surface area (Å²) < 4.78 is 0. The summed E-state index contributed by atoms with van der Waals surface area (Å²) in [6.45, 7) is 3.02. The third kappa shape index (κ3) is 3.63. The quantitative estimate of drug-likeness (QED) is 0.420. The van der Waals surface area contributed by atoms with Gasteiger partial charge in [-0.2, -0.15) is 5.53 Å². The lowest BCUT2D eigenvalue weighted by Crippen LogP contribution is -2.41. The summed E-state index contributed by atoms with van der Waals surface area (Å²) >= 11 is 12.6. The van der Waals surface area contributed by atoms with Crippen molar-refractivity contribution < 1.29 is 0 Å². The average molecular weight is 506 g/mol. The van der Waals surface area contributed by atoms with Gasteiger partial charge in [-0.1, -0.05) is 53.5 Å². The third-order valence-electron chi connectivity index (χ3n) is 7.02. The van der Waals surface area contributed by atoms with E-state index >= 15 is 0 Å². The average Bonchev–Trinajstić information content (AvgIpc) is 3.52. The summed E-state index contributed by atoms with van der Waals surface area (Å²) in [4.78, 5) is 7.25. The molecule has 0 bridgehead atoms. The van der Waals surface area contributed by atoms with Gasteiger partial charge in [0.15, 0.2) is 0 Å². The molecule has 3 aliphatic heterocycles. The Labute approximate surface area is 214 Å². The molecule has 2 unspecified atom stereocenters. The maximum absolute atomic E-state index is 6.37. The van der Waals surface area contributed by atoms with Crippen LogP contribution in [0, 0.1) is 0 Å². The molecule has 3 aromatic carbocycles. The molecule has 0 amide bonds.